The third kappa shape index (κ3) is 7.35. The summed E-state index contributed by atoms with van der Waals surface area (Å²) in [7, 11) is 1.37. The predicted molar refractivity (Wildman–Crippen MR) is 118 cm³/mol. The largest absolute Gasteiger partial charge is 0.608 e. The summed E-state index contributed by atoms with van der Waals surface area (Å²) in [6.07, 6.45) is -2.72. The lowest BCUT2D eigenvalue weighted by Crippen LogP contribution is -3.07. The molecule has 3 aromatic rings. The van der Waals surface area contributed by atoms with E-state index in [4.69, 9.17) is 16.3 Å². The fourth-order valence-electron chi connectivity index (χ4n) is 2.93. The van der Waals surface area contributed by atoms with Crippen LogP contribution >= 0.6 is 11.6 Å². The van der Waals surface area contributed by atoms with Crippen molar-refractivity contribution in [1.82, 2.24) is 4.98 Å². The first-order chi connectivity index (χ1) is 15.6. The first-order valence-corrected chi connectivity index (χ1v) is 10.1. The van der Waals surface area contributed by atoms with Crippen LogP contribution in [-0.4, -0.2) is 17.9 Å². The number of anilines is 2. The number of pyridine rings is 1. The van der Waals surface area contributed by atoms with Crippen molar-refractivity contribution in [2.24, 2.45) is 0 Å². The molecule has 174 valence electrons. The van der Waals surface area contributed by atoms with Gasteiger partial charge in [0.25, 0.3) is 0 Å². The highest BCUT2D eigenvalue weighted by molar-refractivity contribution is 6.31. The van der Waals surface area contributed by atoms with Crippen LogP contribution in [0.3, 0.4) is 0 Å². The number of halogens is 4. The molecular formula is C22H20ClF3N4O3. The number of aromatic nitrogens is 1. The van der Waals surface area contributed by atoms with Gasteiger partial charge in [0.15, 0.2) is 5.82 Å². The van der Waals surface area contributed by atoms with E-state index in [1.54, 1.807) is 36.4 Å². The van der Waals surface area contributed by atoms with Crippen LogP contribution in [-0.2, 0) is 17.4 Å². The van der Waals surface area contributed by atoms with Gasteiger partial charge >= 0.3 is 6.18 Å². The van der Waals surface area contributed by atoms with Gasteiger partial charge in [0.2, 0.25) is 5.91 Å². The molecular weight excluding hydrogens is 461 g/mol. The van der Waals surface area contributed by atoms with E-state index >= 15 is 0 Å². The molecule has 0 fully saturated rings. The van der Waals surface area contributed by atoms with E-state index in [0.717, 1.165) is 17.7 Å². The number of nitrogens with one attached hydrogen (secondary N) is 3. The fraction of sp³-hybridized carbons (Fsp3) is 0.182. The van der Waals surface area contributed by atoms with Gasteiger partial charge < -0.3 is 15.3 Å². The van der Waals surface area contributed by atoms with Gasteiger partial charge in [0.1, 0.15) is 11.5 Å². The molecule has 0 bridgehead atoms. The number of rotatable bonds is 8. The molecule has 1 heterocycles. The Hall–Kier alpha value is -3.34. The molecule has 1 aromatic heterocycles. The molecule has 3 rings (SSSR count). The lowest BCUT2D eigenvalue weighted by Gasteiger charge is -2.17. The maximum absolute atomic E-state index is 13.0. The number of ether oxygens (including phenoxy) is 1. The maximum atomic E-state index is 13.0. The van der Waals surface area contributed by atoms with Crippen LogP contribution in [0.5, 0.6) is 11.5 Å². The summed E-state index contributed by atoms with van der Waals surface area (Å²) >= 11 is 5.60. The number of quaternary nitrogens is 1. The maximum Gasteiger partial charge on any atom is 0.417 e. The Balaban J connectivity index is 1.59. The van der Waals surface area contributed by atoms with Gasteiger partial charge in [-0.2, -0.15) is 13.2 Å². The zero-order valence-corrected chi connectivity index (χ0v) is 18.1. The molecule has 1 amide bonds. The average Bonchev–Trinajstić information content (AvgIpc) is 2.73. The second-order valence-corrected chi connectivity index (χ2v) is 7.46. The Labute approximate surface area is 192 Å². The minimum Gasteiger partial charge on any atom is -0.608 e. The molecule has 7 nitrogen and oxygen atoms in total. The smallest absolute Gasteiger partial charge is 0.417 e. The van der Waals surface area contributed by atoms with E-state index < -0.39 is 22.7 Å². The summed E-state index contributed by atoms with van der Waals surface area (Å²) in [5.41, 5.74) is 2.37. The van der Waals surface area contributed by atoms with Gasteiger partial charge in [-0.3, -0.25) is 9.97 Å². The standard InChI is InChI=1S/C22H20ClF3N4O3/c1-30(32)29-20-13-17(9-10-27-20)33-16-4-2-3-14(11-16)5-8-21(31)28-15-6-7-19(23)18(12-15)22(24,25)26/h2-4,6-7,9-13,30H,5,8H2,1H3,(H,27,29)(H,28,31). The summed E-state index contributed by atoms with van der Waals surface area (Å²) in [6, 6.07) is 13.5. The molecule has 0 spiro atoms. The second kappa shape index (κ2) is 10.5. The molecule has 33 heavy (non-hydrogen) atoms. The summed E-state index contributed by atoms with van der Waals surface area (Å²) in [5, 5.41) is 12.9. The lowest BCUT2D eigenvalue weighted by molar-refractivity contribution is -0.800. The van der Waals surface area contributed by atoms with Gasteiger partial charge in [0, 0.05) is 24.4 Å². The van der Waals surface area contributed by atoms with E-state index in [2.05, 4.69) is 15.7 Å². The monoisotopic (exact) mass is 480 g/mol. The van der Waals surface area contributed by atoms with Crippen LogP contribution in [0.1, 0.15) is 17.5 Å². The van der Waals surface area contributed by atoms with Crippen molar-refractivity contribution in [2.75, 3.05) is 17.8 Å². The zero-order chi connectivity index (χ0) is 24.0. The molecule has 3 N–H and O–H groups in total. The van der Waals surface area contributed by atoms with Crippen molar-refractivity contribution in [1.29, 1.82) is 0 Å². The normalized spacial score (nSPS) is 12.2. The summed E-state index contributed by atoms with van der Waals surface area (Å²) in [6.45, 7) is 0. The van der Waals surface area contributed by atoms with Gasteiger partial charge in [-0.1, -0.05) is 23.7 Å². The number of carbonyl (C=O) groups is 1. The average molecular weight is 481 g/mol. The van der Waals surface area contributed by atoms with Crippen molar-refractivity contribution in [3.8, 4) is 11.5 Å². The first kappa shape index (κ1) is 24.3. The van der Waals surface area contributed by atoms with Crippen LogP contribution < -0.4 is 20.7 Å². The lowest BCUT2D eigenvalue weighted by atomic mass is 10.1. The van der Waals surface area contributed by atoms with Crippen molar-refractivity contribution < 1.29 is 27.9 Å². The SMILES string of the molecule is C[NH+]([O-])Nc1cc(Oc2cccc(CCC(=O)Nc3ccc(Cl)c(C(F)(F)F)c3)c2)ccn1. The molecule has 0 saturated carbocycles. The number of carbonyl (C=O) groups excluding carboxylic acids is 1. The number of aryl methyl sites for hydroxylation is 1. The zero-order valence-electron chi connectivity index (χ0n) is 17.4. The van der Waals surface area contributed by atoms with Crippen LogP contribution in [0.2, 0.25) is 5.02 Å². The first-order valence-electron chi connectivity index (χ1n) is 9.77. The number of benzene rings is 2. The topological polar surface area (TPSA) is 90.8 Å². The van der Waals surface area contributed by atoms with Crippen LogP contribution in [0.4, 0.5) is 24.7 Å². The number of hydroxylamine groups is 1. The van der Waals surface area contributed by atoms with Crippen molar-refractivity contribution >= 4 is 29.0 Å². The van der Waals surface area contributed by atoms with E-state index in [1.807, 2.05) is 0 Å². The van der Waals surface area contributed by atoms with E-state index in [0.29, 0.717) is 23.7 Å². The molecule has 11 heteroatoms. The molecule has 2 aromatic carbocycles. The summed E-state index contributed by atoms with van der Waals surface area (Å²) < 4.78 is 44.7. The Morgan fingerprint density at radius 2 is 1.91 bits per heavy atom. The molecule has 1 unspecified atom stereocenters. The third-order valence-corrected chi connectivity index (χ3v) is 4.70. The van der Waals surface area contributed by atoms with Crippen molar-refractivity contribution in [2.45, 2.75) is 19.0 Å². The molecule has 0 radical (unpaired) electrons. The van der Waals surface area contributed by atoms with Crippen LogP contribution in [0.25, 0.3) is 0 Å². The molecule has 0 aliphatic rings. The Kier molecular flexibility index (Phi) is 7.75. The van der Waals surface area contributed by atoms with Crippen molar-refractivity contribution in [3.63, 3.8) is 0 Å². The summed E-state index contributed by atoms with van der Waals surface area (Å²) in [5.74, 6) is 0.891. The highest BCUT2D eigenvalue weighted by atomic mass is 35.5. The van der Waals surface area contributed by atoms with Gasteiger partial charge in [-0.15, -0.1) is 0 Å². The van der Waals surface area contributed by atoms with Gasteiger partial charge in [-0.05, 0) is 48.4 Å². The van der Waals surface area contributed by atoms with Gasteiger partial charge in [0.05, 0.1) is 17.6 Å². The Bertz CT molecular complexity index is 1130. The highest BCUT2D eigenvalue weighted by Gasteiger charge is 2.33. The highest BCUT2D eigenvalue weighted by Crippen LogP contribution is 2.36. The minimum absolute atomic E-state index is 0.0153. The third-order valence-electron chi connectivity index (χ3n) is 4.37. The van der Waals surface area contributed by atoms with Crippen LogP contribution in [0.15, 0.2) is 60.8 Å². The predicted octanol–water partition coefficient (Wildman–Crippen LogP) is 4.46. The molecule has 1 atom stereocenters. The number of amides is 1. The fourth-order valence-corrected chi connectivity index (χ4v) is 3.15. The quantitative estimate of drug-likeness (QED) is 0.414. The second-order valence-electron chi connectivity index (χ2n) is 7.05. The van der Waals surface area contributed by atoms with Crippen LogP contribution in [0, 0.1) is 5.21 Å². The van der Waals surface area contributed by atoms with Gasteiger partial charge in [-0.25, -0.2) is 10.4 Å². The van der Waals surface area contributed by atoms with E-state index in [-0.39, 0.29) is 17.3 Å². The molecule has 0 saturated heterocycles. The molecule has 0 aliphatic carbocycles. The van der Waals surface area contributed by atoms with E-state index in [9.17, 15) is 23.2 Å². The number of hydrogen-bond donors (Lipinski definition) is 3. The summed E-state index contributed by atoms with van der Waals surface area (Å²) in [4.78, 5) is 16.3. The molecule has 0 aliphatic heterocycles. The van der Waals surface area contributed by atoms with Crippen molar-refractivity contribution in [3.05, 3.63) is 82.2 Å². The number of hydrogen-bond acceptors (Lipinski definition) is 5. The Morgan fingerprint density at radius 3 is 2.64 bits per heavy atom. The minimum atomic E-state index is -4.62. The number of alkyl halides is 3. The Morgan fingerprint density at radius 1 is 1.15 bits per heavy atom. The van der Waals surface area contributed by atoms with E-state index in [1.165, 1.54) is 19.3 Å². The number of nitrogens with zero attached hydrogens (tertiary/aromatic N) is 1.